The summed E-state index contributed by atoms with van der Waals surface area (Å²) in [5.74, 6) is -1.07. The number of carbonyl (C=O) groups excluding carboxylic acids is 2. The van der Waals surface area contributed by atoms with Gasteiger partial charge >= 0.3 is 5.97 Å². The summed E-state index contributed by atoms with van der Waals surface area (Å²) in [5.41, 5.74) is 2.16. The van der Waals surface area contributed by atoms with Gasteiger partial charge in [0.25, 0.3) is 5.91 Å². The molecular formula is C27H28N2O5S. The summed E-state index contributed by atoms with van der Waals surface area (Å²) in [7, 11) is -3.70. The molecule has 4 rings (SSSR count). The predicted octanol–water partition coefficient (Wildman–Crippen LogP) is 3.56. The number of nitrogens with one attached hydrogen (secondary N) is 1. The Morgan fingerprint density at radius 3 is 2.20 bits per heavy atom. The van der Waals surface area contributed by atoms with E-state index in [-0.39, 0.29) is 22.4 Å². The largest absolute Gasteiger partial charge is 0.452 e. The molecule has 182 valence electrons. The zero-order valence-electron chi connectivity index (χ0n) is 19.3. The van der Waals surface area contributed by atoms with Crippen LogP contribution >= 0.6 is 0 Å². The average Bonchev–Trinajstić information content (AvgIpc) is 3.69. The maximum atomic E-state index is 13.0. The van der Waals surface area contributed by atoms with Crippen LogP contribution in [0.3, 0.4) is 0 Å². The number of sulfonamides is 1. The molecule has 7 nitrogen and oxygen atoms in total. The molecule has 0 saturated heterocycles. The first-order chi connectivity index (χ1) is 16.9. The summed E-state index contributed by atoms with van der Waals surface area (Å²) in [4.78, 5) is 27.3. The smallest absolute Gasteiger partial charge is 0.338 e. The molecule has 3 aromatic rings. The number of rotatable bonds is 11. The fourth-order valence-electron chi connectivity index (χ4n) is 3.59. The molecule has 0 heterocycles. The molecule has 35 heavy (non-hydrogen) atoms. The van der Waals surface area contributed by atoms with Gasteiger partial charge in [-0.15, -0.1) is 0 Å². The molecule has 0 bridgehead atoms. The minimum Gasteiger partial charge on any atom is -0.452 e. The predicted molar refractivity (Wildman–Crippen MR) is 132 cm³/mol. The Morgan fingerprint density at radius 2 is 1.54 bits per heavy atom. The second-order valence-electron chi connectivity index (χ2n) is 8.54. The normalized spacial score (nSPS) is 13.3. The van der Waals surface area contributed by atoms with Crippen LogP contribution in [0.25, 0.3) is 0 Å². The van der Waals surface area contributed by atoms with Gasteiger partial charge < -0.3 is 9.64 Å². The molecule has 0 unspecified atom stereocenters. The summed E-state index contributed by atoms with van der Waals surface area (Å²) in [6.45, 7) is 0.429. The third-order valence-electron chi connectivity index (χ3n) is 5.69. The Bertz CT molecular complexity index is 1260. The van der Waals surface area contributed by atoms with Crippen molar-refractivity contribution in [2.75, 3.05) is 13.2 Å². The number of ether oxygens (including phenoxy) is 1. The molecule has 0 radical (unpaired) electrons. The van der Waals surface area contributed by atoms with Crippen molar-refractivity contribution in [1.82, 2.24) is 9.62 Å². The quantitative estimate of drug-likeness (QED) is 0.413. The van der Waals surface area contributed by atoms with Crippen LogP contribution in [0.15, 0.2) is 89.8 Å². The van der Waals surface area contributed by atoms with E-state index in [9.17, 15) is 18.0 Å². The van der Waals surface area contributed by atoms with Gasteiger partial charge in [-0.2, -0.15) is 0 Å². The molecule has 1 fully saturated rings. The molecule has 1 saturated carbocycles. The highest BCUT2D eigenvalue weighted by Crippen LogP contribution is 2.22. The van der Waals surface area contributed by atoms with E-state index in [1.54, 1.807) is 4.90 Å². The van der Waals surface area contributed by atoms with E-state index >= 15 is 0 Å². The molecule has 1 aliphatic carbocycles. The number of hydrogen-bond acceptors (Lipinski definition) is 5. The molecule has 1 amide bonds. The van der Waals surface area contributed by atoms with E-state index in [0.717, 1.165) is 24.0 Å². The lowest BCUT2D eigenvalue weighted by molar-refractivity contribution is -0.135. The first kappa shape index (κ1) is 24.6. The van der Waals surface area contributed by atoms with Gasteiger partial charge in [0.05, 0.1) is 10.5 Å². The fraction of sp³-hybridized carbons (Fsp3) is 0.259. The Hall–Kier alpha value is -3.49. The van der Waals surface area contributed by atoms with Gasteiger partial charge in [-0.25, -0.2) is 17.9 Å². The molecule has 1 N–H and O–H groups in total. The van der Waals surface area contributed by atoms with Crippen LogP contribution in [0, 0.1) is 0 Å². The molecule has 0 atom stereocenters. The fourth-order valence-corrected chi connectivity index (χ4v) is 4.94. The van der Waals surface area contributed by atoms with Crippen LogP contribution in [0.1, 0.15) is 34.3 Å². The zero-order valence-corrected chi connectivity index (χ0v) is 20.1. The molecule has 8 heteroatoms. The summed E-state index contributed by atoms with van der Waals surface area (Å²) >= 11 is 0. The lowest BCUT2D eigenvalue weighted by Crippen LogP contribution is -2.36. The highest BCUT2D eigenvalue weighted by atomic mass is 32.2. The maximum Gasteiger partial charge on any atom is 0.338 e. The number of benzene rings is 3. The zero-order chi connectivity index (χ0) is 24.7. The third-order valence-corrected chi connectivity index (χ3v) is 7.21. The lowest BCUT2D eigenvalue weighted by atomic mass is 10.1. The standard InChI is InChI=1S/C27H28N2O5S/c30-26(29(19-22-10-5-2-6-11-22)17-16-21-8-3-1-4-9-21)20-34-27(31)23-12-7-13-25(18-23)35(32,33)28-24-14-15-24/h1-13,18,24,28H,14-17,19-20H2. The topological polar surface area (TPSA) is 92.8 Å². The minimum atomic E-state index is -3.70. The minimum absolute atomic E-state index is 0.00117. The van der Waals surface area contributed by atoms with Crippen LogP contribution in [0.4, 0.5) is 0 Å². The van der Waals surface area contributed by atoms with Crippen LogP contribution in [-0.4, -0.2) is 44.4 Å². The first-order valence-electron chi connectivity index (χ1n) is 11.6. The Kier molecular flexibility index (Phi) is 7.94. The van der Waals surface area contributed by atoms with E-state index in [2.05, 4.69) is 4.72 Å². The van der Waals surface area contributed by atoms with Crippen LogP contribution < -0.4 is 4.72 Å². The first-order valence-corrected chi connectivity index (χ1v) is 13.0. The van der Waals surface area contributed by atoms with Crippen molar-refractivity contribution in [2.24, 2.45) is 0 Å². The highest BCUT2D eigenvalue weighted by molar-refractivity contribution is 7.89. The lowest BCUT2D eigenvalue weighted by Gasteiger charge is -2.23. The summed E-state index contributed by atoms with van der Waals surface area (Å²) in [6.07, 6.45) is 2.29. The van der Waals surface area contributed by atoms with Crippen molar-refractivity contribution in [3.63, 3.8) is 0 Å². The Balaban J connectivity index is 1.39. The van der Waals surface area contributed by atoms with Gasteiger partial charge in [-0.05, 0) is 48.6 Å². The average molecular weight is 493 g/mol. The molecule has 0 aliphatic heterocycles. The number of amides is 1. The van der Waals surface area contributed by atoms with Crippen molar-refractivity contribution in [1.29, 1.82) is 0 Å². The number of carbonyl (C=O) groups is 2. The number of esters is 1. The number of nitrogens with zero attached hydrogens (tertiary/aromatic N) is 1. The van der Waals surface area contributed by atoms with Gasteiger partial charge in [0.1, 0.15) is 0 Å². The summed E-state index contributed by atoms with van der Waals surface area (Å²) < 4.78 is 32.8. The van der Waals surface area contributed by atoms with Crippen molar-refractivity contribution >= 4 is 21.9 Å². The second kappa shape index (κ2) is 11.3. The molecule has 0 spiro atoms. The van der Waals surface area contributed by atoms with Gasteiger partial charge in [0, 0.05) is 19.1 Å². The third kappa shape index (κ3) is 7.24. The van der Waals surface area contributed by atoms with E-state index in [1.807, 2.05) is 60.7 Å². The van der Waals surface area contributed by atoms with Crippen molar-refractivity contribution < 1.29 is 22.7 Å². The van der Waals surface area contributed by atoms with E-state index in [1.165, 1.54) is 24.3 Å². The SMILES string of the molecule is O=C(OCC(=O)N(CCc1ccccc1)Cc1ccccc1)c1cccc(S(=O)(=O)NC2CC2)c1. The maximum absolute atomic E-state index is 13.0. The number of hydrogen-bond donors (Lipinski definition) is 1. The van der Waals surface area contributed by atoms with Gasteiger partial charge in [-0.1, -0.05) is 66.7 Å². The van der Waals surface area contributed by atoms with E-state index < -0.39 is 22.6 Å². The van der Waals surface area contributed by atoms with Crippen LogP contribution in [0.2, 0.25) is 0 Å². The molecule has 3 aromatic carbocycles. The van der Waals surface area contributed by atoms with Crippen LogP contribution in [0.5, 0.6) is 0 Å². The van der Waals surface area contributed by atoms with Crippen molar-refractivity contribution in [2.45, 2.75) is 36.7 Å². The van der Waals surface area contributed by atoms with Gasteiger partial charge in [-0.3, -0.25) is 4.79 Å². The van der Waals surface area contributed by atoms with Gasteiger partial charge in [0.2, 0.25) is 10.0 Å². The Labute approximate surface area is 205 Å². The molecule has 1 aliphatic rings. The summed E-state index contributed by atoms with van der Waals surface area (Å²) in [5, 5.41) is 0. The van der Waals surface area contributed by atoms with E-state index in [0.29, 0.717) is 19.5 Å². The van der Waals surface area contributed by atoms with Crippen molar-refractivity contribution in [3.05, 3.63) is 102 Å². The van der Waals surface area contributed by atoms with Gasteiger partial charge in [0.15, 0.2) is 6.61 Å². The molecular weight excluding hydrogens is 464 g/mol. The second-order valence-corrected chi connectivity index (χ2v) is 10.2. The van der Waals surface area contributed by atoms with Crippen LogP contribution in [-0.2, 0) is 32.5 Å². The molecule has 0 aromatic heterocycles. The Morgan fingerprint density at radius 1 is 0.886 bits per heavy atom. The monoisotopic (exact) mass is 492 g/mol. The van der Waals surface area contributed by atoms with E-state index in [4.69, 9.17) is 4.74 Å². The summed E-state index contributed by atoms with van der Waals surface area (Å²) in [6, 6.07) is 25.1. The highest BCUT2D eigenvalue weighted by Gasteiger charge is 2.28. The van der Waals surface area contributed by atoms with Crippen molar-refractivity contribution in [3.8, 4) is 0 Å².